The van der Waals surface area contributed by atoms with Gasteiger partial charge in [-0.25, -0.2) is 0 Å². The van der Waals surface area contributed by atoms with E-state index in [0.29, 0.717) is 18.2 Å². The van der Waals surface area contributed by atoms with E-state index in [1.807, 2.05) is 13.0 Å². The molecule has 0 aliphatic heterocycles. The maximum absolute atomic E-state index is 11.6. The normalized spacial score (nSPS) is 10.5. The molecule has 0 atom stereocenters. The average Bonchev–Trinajstić information content (AvgIpc) is 2.25. The van der Waals surface area contributed by atoms with E-state index in [4.69, 9.17) is 0 Å². The summed E-state index contributed by atoms with van der Waals surface area (Å²) in [4.78, 5) is 15.7. The van der Waals surface area contributed by atoms with E-state index >= 15 is 0 Å². The van der Waals surface area contributed by atoms with Gasteiger partial charge in [-0.15, -0.1) is 0 Å². The molecule has 1 heterocycles. The van der Waals surface area contributed by atoms with Crippen LogP contribution in [-0.4, -0.2) is 30.0 Å². The lowest BCUT2D eigenvalue weighted by Gasteiger charge is -2.09. The maximum Gasteiger partial charge on any atom is 0.252 e. The Morgan fingerprint density at radius 1 is 1.38 bits per heavy atom. The predicted octanol–water partition coefficient (Wildman–Crippen LogP) is 1.12. The van der Waals surface area contributed by atoms with Gasteiger partial charge in [0.25, 0.3) is 5.91 Å². The average molecular weight is 221 g/mol. The minimum absolute atomic E-state index is 0.0712. The summed E-state index contributed by atoms with van der Waals surface area (Å²) in [7, 11) is 0. The van der Waals surface area contributed by atoms with Gasteiger partial charge in [-0.05, 0) is 19.1 Å². The first-order valence-electron chi connectivity index (χ1n) is 5.54. The van der Waals surface area contributed by atoms with Crippen molar-refractivity contribution >= 4 is 5.91 Å². The molecule has 0 fully saturated rings. The van der Waals surface area contributed by atoms with Crippen LogP contribution in [-0.2, 0) is 0 Å². The molecule has 0 spiro atoms. The molecule has 0 saturated heterocycles. The minimum Gasteiger partial charge on any atom is -0.351 e. The van der Waals surface area contributed by atoms with Gasteiger partial charge < -0.3 is 10.6 Å². The highest BCUT2D eigenvalue weighted by Crippen LogP contribution is 1.98. The van der Waals surface area contributed by atoms with Gasteiger partial charge in [0.05, 0.1) is 5.56 Å². The van der Waals surface area contributed by atoms with Gasteiger partial charge >= 0.3 is 0 Å². The Hall–Kier alpha value is -1.42. The van der Waals surface area contributed by atoms with Crippen LogP contribution in [0.2, 0.25) is 0 Å². The van der Waals surface area contributed by atoms with E-state index in [0.717, 1.165) is 12.2 Å². The summed E-state index contributed by atoms with van der Waals surface area (Å²) in [5.74, 6) is -0.0712. The highest BCUT2D eigenvalue weighted by Gasteiger charge is 2.04. The lowest BCUT2D eigenvalue weighted by molar-refractivity contribution is 0.0953. The molecule has 0 aliphatic rings. The molecule has 16 heavy (non-hydrogen) atoms. The number of hydrogen-bond donors (Lipinski definition) is 2. The second kappa shape index (κ2) is 6.23. The summed E-state index contributed by atoms with van der Waals surface area (Å²) in [6, 6.07) is 4.06. The first-order valence-corrected chi connectivity index (χ1v) is 5.54. The van der Waals surface area contributed by atoms with Crippen molar-refractivity contribution in [2.75, 3.05) is 13.1 Å². The van der Waals surface area contributed by atoms with Crippen molar-refractivity contribution in [3.8, 4) is 0 Å². The molecule has 2 N–H and O–H groups in total. The van der Waals surface area contributed by atoms with Crippen LogP contribution in [0, 0.1) is 6.92 Å². The molecule has 1 aromatic heterocycles. The quantitative estimate of drug-likeness (QED) is 0.733. The third kappa shape index (κ3) is 4.40. The lowest BCUT2D eigenvalue weighted by atomic mass is 10.2. The molecular weight excluding hydrogens is 202 g/mol. The number of rotatable bonds is 5. The van der Waals surface area contributed by atoms with Gasteiger partial charge in [0.2, 0.25) is 0 Å². The standard InChI is InChI=1S/C12H19N3O/c1-9(2)13-6-7-14-12(16)11-5-4-10(3)15-8-11/h4-5,8-9,13H,6-7H2,1-3H3,(H,14,16). The van der Waals surface area contributed by atoms with Crippen molar-refractivity contribution < 1.29 is 4.79 Å². The molecule has 1 aromatic rings. The van der Waals surface area contributed by atoms with Crippen LogP contribution >= 0.6 is 0 Å². The molecule has 0 aliphatic carbocycles. The SMILES string of the molecule is Cc1ccc(C(=O)NCCNC(C)C)cn1. The van der Waals surface area contributed by atoms with Gasteiger partial charge in [-0.1, -0.05) is 13.8 Å². The van der Waals surface area contributed by atoms with Gasteiger partial charge in [-0.2, -0.15) is 0 Å². The van der Waals surface area contributed by atoms with E-state index in [-0.39, 0.29) is 5.91 Å². The topological polar surface area (TPSA) is 54.0 Å². The molecule has 4 heteroatoms. The first kappa shape index (κ1) is 12.6. The third-order valence-corrected chi connectivity index (χ3v) is 2.14. The number of hydrogen-bond acceptors (Lipinski definition) is 3. The van der Waals surface area contributed by atoms with E-state index < -0.39 is 0 Å². The molecular formula is C12H19N3O. The van der Waals surface area contributed by atoms with Crippen LogP contribution in [0.1, 0.15) is 29.9 Å². The van der Waals surface area contributed by atoms with E-state index in [9.17, 15) is 4.79 Å². The van der Waals surface area contributed by atoms with Gasteiger partial charge in [0.1, 0.15) is 0 Å². The van der Waals surface area contributed by atoms with Crippen LogP contribution in [0.25, 0.3) is 0 Å². The number of aromatic nitrogens is 1. The molecule has 1 rings (SSSR count). The van der Waals surface area contributed by atoms with Crippen LogP contribution in [0.3, 0.4) is 0 Å². The number of amides is 1. The summed E-state index contributed by atoms with van der Waals surface area (Å²) in [6.45, 7) is 7.46. The van der Waals surface area contributed by atoms with E-state index in [2.05, 4.69) is 29.5 Å². The number of pyridine rings is 1. The van der Waals surface area contributed by atoms with Crippen molar-refractivity contribution in [2.24, 2.45) is 0 Å². The highest BCUT2D eigenvalue weighted by atomic mass is 16.1. The summed E-state index contributed by atoms with van der Waals surface area (Å²) in [5, 5.41) is 6.06. The zero-order chi connectivity index (χ0) is 12.0. The van der Waals surface area contributed by atoms with Crippen molar-refractivity contribution in [1.82, 2.24) is 15.6 Å². The number of aryl methyl sites for hydroxylation is 1. The Morgan fingerprint density at radius 2 is 2.12 bits per heavy atom. The summed E-state index contributed by atoms with van der Waals surface area (Å²) < 4.78 is 0. The maximum atomic E-state index is 11.6. The molecule has 0 aromatic carbocycles. The summed E-state index contributed by atoms with van der Waals surface area (Å²) >= 11 is 0. The Balaban J connectivity index is 2.32. The Morgan fingerprint density at radius 3 is 2.69 bits per heavy atom. The summed E-state index contributed by atoms with van der Waals surface area (Å²) in [6.07, 6.45) is 1.60. The Labute approximate surface area is 96.5 Å². The smallest absolute Gasteiger partial charge is 0.252 e. The predicted molar refractivity (Wildman–Crippen MR) is 64.4 cm³/mol. The lowest BCUT2D eigenvalue weighted by Crippen LogP contribution is -2.34. The second-order valence-corrected chi connectivity index (χ2v) is 4.05. The van der Waals surface area contributed by atoms with Gasteiger partial charge in [0, 0.05) is 31.0 Å². The molecule has 0 bridgehead atoms. The molecule has 1 amide bonds. The fourth-order valence-electron chi connectivity index (χ4n) is 1.24. The number of carbonyl (C=O) groups excluding carboxylic acids is 1. The van der Waals surface area contributed by atoms with Gasteiger partial charge in [0.15, 0.2) is 0 Å². The number of carbonyl (C=O) groups is 1. The largest absolute Gasteiger partial charge is 0.351 e. The van der Waals surface area contributed by atoms with E-state index in [1.165, 1.54) is 0 Å². The fourth-order valence-corrected chi connectivity index (χ4v) is 1.24. The zero-order valence-electron chi connectivity index (χ0n) is 10.1. The number of nitrogens with one attached hydrogen (secondary N) is 2. The van der Waals surface area contributed by atoms with Crippen LogP contribution in [0.5, 0.6) is 0 Å². The van der Waals surface area contributed by atoms with E-state index in [1.54, 1.807) is 12.3 Å². The Kier molecular flexibility index (Phi) is 4.92. The van der Waals surface area contributed by atoms with Crippen LogP contribution in [0.15, 0.2) is 18.3 Å². The van der Waals surface area contributed by atoms with Gasteiger partial charge in [-0.3, -0.25) is 9.78 Å². The first-order chi connectivity index (χ1) is 7.59. The zero-order valence-corrected chi connectivity index (χ0v) is 10.1. The Bertz CT molecular complexity index is 333. The fraction of sp³-hybridized carbons (Fsp3) is 0.500. The monoisotopic (exact) mass is 221 g/mol. The molecule has 0 unspecified atom stereocenters. The van der Waals surface area contributed by atoms with Crippen molar-refractivity contribution in [3.05, 3.63) is 29.6 Å². The van der Waals surface area contributed by atoms with Crippen molar-refractivity contribution in [1.29, 1.82) is 0 Å². The molecule has 0 saturated carbocycles. The molecule has 0 radical (unpaired) electrons. The second-order valence-electron chi connectivity index (χ2n) is 4.05. The summed E-state index contributed by atoms with van der Waals surface area (Å²) in [5.41, 5.74) is 1.52. The third-order valence-electron chi connectivity index (χ3n) is 2.14. The van der Waals surface area contributed by atoms with Crippen molar-refractivity contribution in [3.63, 3.8) is 0 Å². The van der Waals surface area contributed by atoms with Crippen molar-refractivity contribution in [2.45, 2.75) is 26.8 Å². The van der Waals surface area contributed by atoms with Crippen LogP contribution < -0.4 is 10.6 Å². The highest BCUT2D eigenvalue weighted by molar-refractivity contribution is 5.93. The molecule has 4 nitrogen and oxygen atoms in total. The van der Waals surface area contributed by atoms with Crippen LogP contribution in [0.4, 0.5) is 0 Å². The molecule has 88 valence electrons. The minimum atomic E-state index is -0.0712. The number of nitrogens with zero attached hydrogens (tertiary/aromatic N) is 1.